The van der Waals surface area contributed by atoms with E-state index in [1.54, 1.807) is 0 Å². The van der Waals surface area contributed by atoms with E-state index in [-0.39, 0.29) is 5.78 Å². The average Bonchev–Trinajstić information content (AvgIpc) is 2.16. The van der Waals surface area contributed by atoms with Crippen molar-refractivity contribution in [2.75, 3.05) is 5.32 Å². The molecule has 0 spiro atoms. The Morgan fingerprint density at radius 3 is 2.71 bits per heavy atom. The molecule has 1 rings (SSSR count). The van der Waals surface area contributed by atoms with Gasteiger partial charge in [-0.25, -0.2) is 0 Å². The number of hydrogen-bond donors (Lipinski definition) is 1. The molecule has 0 heterocycles. The molecule has 0 aromatic heterocycles. The topological polar surface area (TPSA) is 29.1 Å². The van der Waals surface area contributed by atoms with Crippen LogP contribution in [0.15, 0.2) is 24.3 Å². The highest BCUT2D eigenvalue weighted by Gasteiger charge is 2.03. The largest absolute Gasteiger partial charge is 0.383 e. The average molecular weight is 191 g/mol. The Morgan fingerprint density at radius 2 is 2.14 bits per heavy atom. The van der Waals surface area contributed by atoms with Crippen molar-refractivity contribution in [3.05, 3.63) is 29.8 Å². The summed E-state index contributed by atoms with van der Waals surface area (Å²) in [6, 6.07) is 8.05. The van der Waals surface area contributed by atoms with Gasteiger partial charge in [0.05, 0.1) is 0 Å². The fourth-order valence-corrected chi connectivity index (χ4v) is 1.32. The summed E-state index contributed by atoms with van der Waals surface area (Å²) in [7, 11) is 0. The second-order valence-corrected chi connectivity index (χ2v) is 3.66. The van der Waals surface area contributed by atoms with Crippen molar-refractivity contribution in [3.8, 4) is 0 Å². The van der Waals surface area contributed by atoms with Crippen molar-refractivity contribution in [2.24, 2.45) is 0 Å². The molecule has 14 heavy (non-hydrogen) atoms. The fraction of sp³-hybridized carbons (Fsp3) is 0.417. The molecule has 0 saturated carbocycles. The number of anilines is 1. The molecule has 1 N–H and O–H groups in total. The highest BCUT2D eigenvalue weighted by molar-refractivity contribution is 5.96. The smallest absolute Gasteiger partial charge is 0.162 e. The normalized spacial score (nSPS) is 10.3. The standard InChI is InChI=1S/C12H17NO/c1-4-12(14)10-6-5-7-11(8-10)13-9(2)3/h5-9,13H,4H2,1-3H3. The number of ketones is 1. The predicted octanol–water partition coefficient (Wildman–Crippen LogP) is 3.10. The number of hydrogen-bond acceptors (Lipinski definition) is 2. The maximum atomic E-state index is 11.4. The summed E-state index contributed by atoms with van der Waals surface area (Å²) >= 11 is 0. The monoisotopic (exact) mass is 191 g/mol. The Bertz CT molecular complexity index is 318. The van der Waals surface area contributed by atoms with Crippen molar-refractivity contribution in [2.45, 2.75) is 33.2 Å². The van der Waals surface area contributed by atoms with Gasteiger partial charge in [0.15, 0.2) is 5.78 Å². The van der Waals surface area contributed by atoms with E-state index in [1.807, 2.05) is 31.2 Å². The lowest BCUT2D eigenvalue weighted by Gasteiger charge is -2.10. The Balaban J connectivity index is 2.84. The SMILES string of the molecule is CCC(=O)c1cccc(NC(C)C)c1. The zero-order chi connectivity index (χ0) is 10.6. The summed E-state index contributed by atoms with van der Waals surface area (Å²) in [5.41, 5.74) is 1.80. The third kappa shape index (κ3) is 2.87. The van der Waals surface area contributed by atoms with E-state index in [4.69, 9.17) is 0 Å². The van der Waals surface area contributed by atoms with Crippen molar-refractivity contribution < 1.29 is 4.79 Å². The van der Waals surface area contributed by atoms with Gasteiger partial charge in [-0.15, -0.1) is 0 Å². The van der Waals surface area contributed by atoms with Crippen LogP contribution in [-0.2, 0) is 0 Å². The van der Waals surface area contributed by atoms with E-state index in [0.29, 0.717) is 12.5 Å². The van der Waals surface area contributed by atoms with Gasteiger partial charge in [0, 0.05) is 23.7 Å². The van der Waals surface area contributed by atoms with Gasteiger partial charge in [0.25, 0.3) is 0 Å². The van der Waals surface area contributed by atoms with Crippen LogP contribution in [0.4, 0.5) is 5.69 Å². The van der Waals surface area contributed by atoms with Crippen LogP contribution < -0.4 is 5.32 Å². The molecule has 0 atom stereocenters. The molecule has 2 nitrogen and oxygen atoms in total. The molecule has 0 radical (unpaired) electrons. The molecule has 0 aliphatic heterocycles. The first-order valence-electron chi connectivity index (χ1n) is 5.03. The first kappa shape index (κ1) is 10.8. The minimum absolute atomic E-state index is 0.192. The summed E-state index contributed by atoms with van der Waals surface area (Å²) in [5.74, 6) is 0.192. The zero-order valence-electron chi connectivity index (χ0n) is 9.00. The predicted molar refractivity (Wildman–Crippen MR) is 59.8 cm³/mol. The molecule has 2 heteroatoms. The van der Waals surface area contributed by atoms with Gasteiger partial charge in [0.1, 0.15) is 0 Å². The molecular weight excluding hydrogens is 174 g/mol. The van der Waals surface area contributed by atoms with E-state index in [1.165, 1.54) is 0 Å². The van der Waals surface area contributed by atoms with Crippen LogP contribution in [-0.4, -0.2) is 11.8 Å². The number of carbonyl (C=O) groups excluding carboxylic acids is 1. The lowest BCUT2D eigenvalue weighted by Crippen LogP contribution is -2.10. The molecule has 0 fully saturated rings. The Kier molecular flexibility index (Phi) is 3.69. The fourth-order valence-electron chi connectivity index (χ4n) is 1.32. The van der Waals surface area contributed by atoms with Gasteiger partial charge in [-0.2, -0.15) is 0 Å². The summed E-state index contributed by atoms with van der Waals surface area (Å²) in [6.07, 6.45) is 0.561. The van der Waals surface area contributed by atoms with Gasteiger partial charge >= 0.3 is 0 Å². The summed E-state index contributed by atoms with van der Waals surface area (Å²) in [4.78, 5) is 11.4. The van der Waals surface area contributed by atoms with E-state index in [9.17, 15) is 4.79 Å². The molecule has 0 aliphatic carbocycles. The molecular formula is C12H17NO. The zero-order valence-corrected chi connectivity index (χ0v) is 9.00. The van der Waals surface area contributed by atoms with Crippen molar-refractivity contribution in [1.82, 2.24) is 0 Å². The van der Waals surface area contributed by atoms with Gasteiger partial charge in [-0.1, -0.05) is 19.1 Å². The molecule has 0 bridgehead atoms. The molecule has 1 aromatic rings. The van der Waals surface area contributed by atoms with Crippen molar-refractivity contribution >= 4 is 11.5 Å². The van der Waals surface area contributed by atoms with Crippen LogP contribution in [0.3, 0.4) is 0 Å². The second kappa shape index (κ2) is 4.80. The van der Waals surface area contributed by atoms with Crippen molar-refractivity contribution in [3.63, 3.8) is 0 Å². The van der Waals surface area contributed by atoms with E-state index < -0.39 is 0 Å². The lowest BCUT2D eigenvalue weighted by molar-refractivity contribution is 0.0988. The molecule has 0 aliphatic rings. The van der Waals surface area contributed by atoms with Crippen LogP contribution >= 0.6 is 0 Å². The Hall–Kier alpha value is -1.31. The van der Waals surface area contributed by atoms with Crippen LogP contribution in [0.25, 0.3) is 0 Å². The van der Waals surface area contributed by atoms with E-state index >= 15 is 0 Å². The molecule has 0 unspecified atom stereocenters. The van der Waals surface area contributed by atoms with Crippen LogP contribution in [0.1, 0.15) is 37.6 Å². The van der Waals surface area contributed by atoms with Gasteiger partial charge in [-0.05, 0) is 26.0 Å². The Labute approximate surface area is 85.3 Å². The van der Waals surface area contributed by atoms with Crippen LogP contribution in [0.2, 0.25) is 0 Å². The van der Waals surface area contributed by atoms with Crippen molar-refractivity contribution in [1.29, 1.82) is 0 Å². The molecule has 76 valence electrons. The first-order valence-corrected chi connectivity index (χ1v) is 5.03. The third-order valence-corrected chi connectivity index (χ3v) is 1.96. The number of carbonyl (C=O) groups is 1. The highest BCUT2D eigenvalue weighted by atomic mass is 16.1. The van der Waals surface area contributed by atoms with Crippen LogP contribution in [0.5, 0.6) is 0 Å². The van der Waals surface area contributed by atoms with Gasteiger partial charge in [-0.3, -0.25) is 4.79 Å². The summed E-state index contributed by atoms with van der Waals surface area (Å²) in [6.45, 7) is 6.04. The third-order valence-electron chi connectivity index (χ3n) is 1.96. The maximum Gasteiger partial charge on any atom is 0.162 e. The quantitative estimate of drug-likeness (QED) is 0.741. The number of nitrogens with one attached hydrogen (secondary N) is 1. The highest BCUT2D eigenvalue weighted by Crippen LogP contribution is 2.13. The number of rotatable bonds is 4. The second-order valence-electron chi connectivity index (χ2n) is 3.66. The van der Waals surface area contributed by atoms with Gasteiger partial charge < -0.3 is 5.32 Å². The van der Waals surface area contributed by atoms with E-state index in [2.05, 4.69) is 19.2 Å². The Morgan fingerprint density at radius 1 is 1.43 bits per heavy atom. The lowest BCUT2D eigenvalue weighted by atomic mass is 10.1. The first-order chi connectivity index (χ1) is 6.63. The molecule has 1 aromatic carbocycles. The minimum Gasteiger partial charge on any atom is -0.383 e. The minimum atomic E-state index is 0.192. The molecule has 0 amide bonds. The van der Waals surface area contributed by atoms with Gasteiger partial charge in [0.2, 0.25) is 0 Å². The number of Topliss-reactive ketones (excluding diaryl/α,β-unsaturated/α-hetero) is 1. The summed E-state index contributed by atoms with van der Waals surface area (Å²) in [5, 5.41) is 3.27. The van der Waals surface area contributed by atoms with E-state index in [0.717, 1.165) is 11.3 Å². The molecule has 0 saturated heterocycles. The summed E-state index contributed by atoms with van der Waals surface area (Å²) < 4.78 is 0. The van der Waals surface area contributed by atoms with Crippen LogP contribution in [0, 0.1) is 0 Å². The number of benzene rings is 1. The maximum absolute atomic E-state index is 11.4.